The summed E-state index contributed by atoms with van der Waals surface area (Å²) in [7, 11) is 0. The molecule has 0 aliphatic heterocycles. The van der Waals surface area contributed by atoms with Gasteiger partial charge in [0.25, 0.3) is 0 Å². The van der Waals surface area contributed by atoms with Gasteiger partial charge in [-0.2, -0.15) is 10.2 Å². The Morgan fingerprint density at radius 1 is 1.03 bits per heavy atom. The SMILES string of the molecule is O=C(CCn1cc([N+](=O)[O-])cn1)Nc1cnn(Cc2cccc3ccccc23)c1. The first-order valence-electron chi connectivity index (χ1n) is 9.04. The molecule has 0 fully saturated rings. The van der Waals surface area contributed by atoms with E-state index in [9.17, 15) is 14.9 Å². The van der Waals surface area contributed by atoms with Gasteiger partial charge in [0.15, 0.2) is 0 Å². The van der Waals surface area contributed by atoms with Crippen LogP contribution in [0.2, 0.25) is 0 Å². The Morgan fingerprint density at radius 2 is 1.83 bits per heavy atom. The molecule has 2 aromatic carbocycles. The van der Waals surface area contributed by atoms with Crippen molar-refractivity contribution in [2.75, 3.05) is 5.32 Å². The van der Waals surface area contributed by atoms with Gasteiger partial charge in [-0.3, -0.25) is 24.3 Å². The fraction of sp³-hybridized carbons (Fsp3) is 0.150. The zero-order valence-electron chi connectivity index (χ0n) is 15.4. The highest BCUT2D eigenvalue weighted by atomic mass is 16.6. The second-order valence-corrected chi connectivity index (χ2v) is 6.58. The van der Waals surface area contributed by atoms with Gasteiger partial charge in [-0.25, -0.2) is 0 Å². The summed E-state index contributed by atoms with van der Waals surface area (Å²) in [4.78, 5) is 22.3. The van der Waals surface area contributed by atoms with Crippen molar-refractivity contribution in [2.24, 2.45) is 0 Å². The molecule has 0 aliphatic carbocycles. The van der Waals surface area contributed by atoms with Crippen LogP contribution in [-0.2, 0) is 17.9 Å². The van der Waals surface area contributed by atoms with Crippen LogP contribution in [-0.4, -0.2) is 30.4 Å². The average Bonchev–Trinajstić information content (AvgIpc) is 3.36. The number of benzene rings is 2. The maximum Gasteiger partial charge on any atom is 0.306 e. The van der Waals surface area contributed by atoms with Gasteiger partial charge in [0.1, 0.15) is 12.4 Å². The summed E-state index contributed by atoms with van der Waals surface area (Å²) in [6, 6.07) is 14.3. The molecule has 1 N–H and O–H groups in total. The van der Waals surface area contributed by atoms with E-state index in [-0.39, 0.29) is 24.6 Å². The smallest absolute Gasteiger partial charge is 0.306 e. The van der Waals surface area contributed by atoms with E-state index in [0.29, 0.717) is 12.2 Å². The van der Waals surface area contributed by atoms with Gasteiger partial charge in [0.05, 0.1) is 23.4 Å². The summed E-state index contributed by atoms with van der Waals surface area (Å²) in [5.74, 6) is -0.215. The fourth-order valence-electron chi connectivity index (χ4n) is 3.13. The Bertz CT molecular complexity index is 1170. The number of hydrogen-bond donors (Lipinski definition) is 1. The standard InChI is InChI=1S/C20H18N6O3/c27-20(8-9-24-14-18(11-22-24)26(28)29)23-17-10-21-25(13-17)12-16-6-3-5-15-4-1-2-7-19(15)16/h1-7,10-11,13-14H,8-9,12H2,(H,23,27). The Hall–Kier alpha value is -4.01. The van der Waals surface area contributed by atoms with Crippen molar-refractivity contribution in [1.82, 2.24) is 19.6 Å². The van der Waals surface area contributed by atoms with Crippen molar-refractivity contribution in [3.05, 3.63) is 82.9 Å². The number of aryl methyl sites for hydroxylation is 1. The van der Waals surface area contributed by atoms with Crippen molar-refractivity contribution < 1.29 is 9.72 Å². The van der Waals surface area contributed by atoms with Crippen LogP contribution in [0.3, 0.4) is 0 Å². The summed E-state index contributed by atoms with van der Waals surface area (Å²) in [5.41, 5.74) is 1.64. The first-order valence-corrected chi connectivity index (χ1v) is 9.04. The number of carbonyl (C=O) groups excluding carboxylic acids is 1. The van der Waals surface area contributed by atoms with E-state index in [4.69, 9.17) is 0 Å². The Balaban J connectivity index is 1.36. The van der Waals surface area contributed by atoms with Crippen molar-refractivity contribution >= 4 is 28.1 Å². The van der Waals surface area contributed by atoms with E-state index in [1.165, 1.54) is 21.7 Å². The number of anilines is 1. The predicted molar refractivity (Wildman–Crippen MR) is 107 cm³/mol. The molecule has 0 bridgehead atoms. The van der Waals surface area contributed by atoms with E-state index in [0.717, 1.165) is 11.8 Å². The normalized spacial score (nSPS) is 10.9. The number of carbonyl (C=O) groups is 1. The number of nitrogens with zero attached hydrogens (tertiary/aromatic N) is 5. The van der Waals surface area contributed by atoms with Crippen LogP contribution in [0.1, 0.15) is 12.0 Å². The Morgan fingerprint density at radius 3 is 2.66 bits per heavy atom. The third kappa shape index (κ3) is 4.29. The van der Waals surface area contributed by atoms with Crippen molar-refractivity contribution in [3.8, 4) is 0 Å². The quantitative estimate of drug-likeness (QED) is 0.385. The second kappa shape index (κ2) is 7.93. The molecule has 0 unspecified atom stereocenters. The van der Waals surface area contributed by atoms with E-state index in [2.05, 4.69) is 39.8 Å². The molecule has 0 aliphatic rings. The number of fused-ring (bicyclic) bond motifs is 1. The lowest BCUT2D eigenvalue weighted by atomic mass is 10.0. The first-order chi connectivity index (χ1) is 14.1. The predicted octanol–water partition coefficient (Wildman–Crippen LogP) is 3.22. The minimum Gasteiger partial charge on any atom is -0.323 e. The molecule has 0 saturated heterocycles. The highest BCUT2D eigenvalue weighted by molar-refractivity contribution is 5.90. The van der Waals surface area contributed by atoms with E-state index >= 15 is 0 Å². The molecule has 146 valence electrons. The van der Waals surface area contributed by atoms with Crippen molar-refractivity contribution in [1.29, 1.82) is 0 Å². The van der Waals surface area contributed by atoms with Gasteiger partial charge in [-0.15, -0.1) is 0 Å². The molecule has 4 rings (SSSR count). The molecular weight excluding hydrogens is 372 g/mol. The topological polar surface area (TPSA) is 108 Å². The molecule has 29 heavy (non-hydrogen) atoms. The summed E-state index contributed by atoms with van der Waals surface area (Å²) in [6.45, 7) is 0.845. The Labute approximate surface area is 165 Å². The molecule has 1 amide bonds. The molecular formula is C20H18N6O3. The van der Waals surface area contributed by atoms with Crippen molar-refractivity contribution in [2.45, 2.75) is 19.5 Å². The van der Waals surface area contributed by atoms with Crippen LogP contribution in [0.15, 0.2) is 67.3 Å². The molecule has 4 aromatic rings. The summed E-state index contributed by atoms with van der Waals surface area (Å²) < 4.78 is 3.15. The lowest BCUT2D eigenvalue weighted by Crippen LogP contribution is -2.14. The molecule has 9 nitrogen and oxygen atoms in total. The minimum absolute atomic E-state index is 0.0971. The van der Waals surface area contributed by atoms with E-state index in [1.54, 1.807) is 17.1 Å². The summed E-state index contributed by atoms with van der Waals surface area (Å²) in [6.07, 6.45) is 5.98. The number of nitrogens with one attached hydrogen (secondary N) is 1. The third-order valence-corrected chi connectivity index (χ3v) is 4.53. The number of rotatable bonds is 7. The van der Waals surface area contributed by atoms with Crippen molar-refractivity contribution in [3.63, 3.8) is 0 Å². The number of aromatic nitrogens is 4. The number of amides is 1. The third-order valence-electron chi connectivity index (χ3n) is 4.53. The fourth-order valence-corrected chi connectivity index (χ4v) is 3.13. The molecule has 0 radical (unpaired) electrons. The molecule has 2 heterocycles. The second-order valence-electron chi connectivity index (χ2n) is 6.58. The van der Waals surface area contributed by atoms with Gasteiger partial charge in [0.2, 0.25) is 5.91 Å². The van der Waals surface area contributed by atoms with Crippen LogP contribution in [0.25, 0.3) is 10.8 Å². The summed E-state index contributed by atoms with van der Waals surface area (Å²) >= 11 is 0. The van der Waals surface area contributed by atoms with Crippen LogP contribution >= 0.6 is 0 Å². The van der Waals surface area contributed by atoms with E-state index < -0.39 is 4.92 Å². The lowest BCUT2D eigenvalue weighted by Gasteiger charge is -2.06. The highest BCUT2D eigenvalue weighted by Crippen LogP contribution is 2.19. The first kappa shape index (κ1) is 18.4. The Kier molecular flexibility index (Phi) is 5.02. The highest BCUT2D eigenvalue weighted by Gasteiger charge is 2.11. The van der Waals surface area contributed by atoms with Crippen LogP contribution in [0, 0.1) is 10.1 Å². The van der Waals surface area contributed by atoms with E-state index in [1.807, 2.05) is 18.2 Å². The molecule has 0 atom stereocenters. The average molecular weight is 390 g/mol. The maximum atomic E-state index is 12.1. The van der Waals surface area contributed by atoms with Crippen LogP contribution in [0.5, 0.6) is 0 Å². The minimum atomic E-state index is -0.520. The van der Waals surface area contributed by atoms with Gasteiger partial charge in [-0.1, -0.05) is 42.5 Å². The van der Waals surface area contributed by atoms with Gasteiger partial charge >= 0.3 is 5.69 Å². The zero-order chi connectivity index (χ0) is 20.2. The van der Waals surface area contributed by atoms with Gasteiger partial charge in [0, 0.05) is 19.2 Å². The monoisotopic (exact) mass is 390 g/mol. The molecule has 0 saturated carbocycles. The van der Waals surface area contributed by atoms with Crippen LogP contribution in [0.4, 0.5) is 11.4 Å². The van der Waals surface area contributed by atoms with Crippen LogP contribution < -0.4 is 5.32 Å². The molecule has 0 spiro atoms. The van der Waals surface area contributed by atoms with Gasteiger partial charge in [-0.05, 0) is 16.3 Å². The molecule has 2 aromatic heterocycles. The number of nitro groups is 1. The largest absolute Gasteiger partial charge is 0.323 e. The summed E-state index contributed by atoms with van der Waals surface area (Å²) in [5, 5.41) is 24.0. The number of hydrogen-bond acceptors (Lipinski definition) is 5. The lowest BCUT2D eigenvalue weighted by molar-refractivity contribution is -0.385. The maximum absolute atomic E-state index is 12.1. The zero-order valence-corrected chi connectivity index (χ0v) is 15.4. The van der Waals surface area contributed by atoms with Gasteiger partial charge < -0.3 is 5.32 Å². The molecule has 9 heteroatoms.